The molecule has 0 radical (unpaired) electrons. The van der Waals surface area contributed by atoms with E-state index >= 15 is 0 Å². The van der Waals surface area contributed by atoms with Crippen molar-refractivity contribution in [1.29, 1.82) is 0 Å². The molecule has 0 saturated heterocycles. The molecular weight excluding hydrogens is 553 g/mol. The van der Waals surface area contributed by atoms with Crippen LogP contribution in [0.3, 0.4) is 0 Å². The SMILES string of the molecule is CCCC[C@@H](C)C[C@@H](/C=C/[C@@H]1C(CCCCCCC(=O)OC)=C(C)C[C@H]1O[Si](C)(C)C(C)(C)C)O[Si](C)(C)C(C)(C)C. The molecule has 6 heteroatoms. The van der Waals surface area contributed by atoms with Gasteiger partial charge in [-0.2, -0.15) is 0 Å². The summed E-state index contributed by atoms with van der Waals surface area (Å²) >= 11 is 0. The van der Waals surface area contributed by atoms with Gasteiger partial charge in [0.25, 0.3) is 0 Å². The molecule has 4 nitrogen and oxygen atoms in total. The molecule has 0 aromatic rings. The maximum absolute atomic E-state index is 11.5. The highest BCUT2D eigenvalue weighted by molar-refractivity contribution is 6.74. The molecule has 0 aromatic heterocycles. The minimum Gasteiger partial charge on any atom is -0.469 e. The third-order valence-electron chi connectivity index (χ3n) is 10.4. The second-order valence-electron chi connectivity index (χ2n) is 16.2. The number of esters is 1. The fourth-order valence-electron chi connectivity index (χ4n) is 5.43. The van der Waals surface area contributed by atoms with Crippen LogP contribution in [0, 0.1) is 11.8 Å². The van der Waals surface area contributed by atoms with Crippen LogP contribution in [0.25, 0.3) is 0 Å². The van der Waals surface area contributed by atoms with Crippen molar-refractivity contribution in [2.75, 3.05) is 7.11 Å². The van der Waals surface area contributed by atoms with Crippen LogP contribution in [-0.4, -0.2) is 41.9 Å². The summed E-state index contributed by atoms with van der Waals surface area (Å²) in [4.78, 5) is 11.5. The van der Waals surface area contributed by atoms with Gasteiger partial charge in [0.1, 0.15) is 0 Å². The number of hydrogen-bond acceptors (Lipinski definition) is 4. The van der Waals surface area contributed by atoms with Crippen molar-refractivity contribution in [2.45, 2.75) is 181 Å². The first-order valence-corrected chi connectivity index (χ1v) is 22.9. The van der Waals surface area contributed by atoms with Gasteiger partial charge in [-0.3, -0.25) is 4.79 Å². The minimum absolute atomic E-state index is 0.0985. The molecule has 1 aliphatic carbocycles. The summed E-state index contributed by atoms with van der Waals surface area (Å²) in [5.74, 6) is 0.860. The lowest BCUT2D eigenvalue weighted by Crippen LogP contribution is -2.45. The van der Waals surface area contributed by atoms with Crippen LogP contribution in [0.5, 0.6) is 0 Å². The molecule has 0 spiro atoms. The standard InChI is InChI=1S/C36H70O4Si2/c1-15-16-21-28(2)26-30(39-41(11,12)35(4,5)6)24-25-32-31(22-19-17-18-20-23-34(37)38-10)29(3)27-33(32)40-42(13,14)36(7,8)9/h24-25,28,30,32-33H,15-23,26-27H2,1-14H3/b25-24+/t28-,30-,32-,33-/m1/s1. The van der Waals surface area contributed by atoms with Crippen LogP contribution < -0.4 is 0 Å². The van der Waals surface area contributed by atoms with Crippen LogP contribution in [0.15, 0.2) is 23.3 Å². The highest BCUT2D eigenvalue weighted by atomic mass is 28.4. The van der Waals surface area contributed by atoms with E-state index in [-0.39, 0.29) is 28.3 Å². The first-order valence-electron chi connectivity index (χ1n) is 17.0. The predicted octanol–water partition coefficient (Wildman–Crippen LogP) is 11.4. The summed E-state index contributed by atoms with van der Waals surface area (Å²) in [6.07, 6.45) is 17.1. The van der Waals surface area contributed by atoms with Gasteiger partial charge in [0, 0.05) is 12.3 Å². The van der Waals surface area contributed by atoms with E-state index in [0.717, 1.165) is 44.9 Å². The van der Waals surface area contributed by atoms with Crippen molar-refractivity contribution in [3.63, 3.8) is 0 Å². The third kappa shape index (κ3) is 12.7. The molecule has 0 aromatic carbocycles. The summed E-state index contributed by atoms with van der Waals surface area (Å²) in [7, 11) is -2.37. The topological polar surface area (TPSA) is 44.8 Å². The van der Waals surface area contributed by atoms with Crippen molar-refractivity contribution in [3.8, 4) is 0 Å². The number of unbranched alkanes of at least 4 members (excludes halogenated alkanes) is 4. The molecule has 4 atom stereocenters. The van der Waals surface area contributed by atoms with Gasteiger partial charge in [0.2, 0.25) is 0 Å². The Labute approximate surface area is 264 Å². The fourth-order valence-corrected chi connectivity index (χ4v) is 8.06. The maximum Gasteiger partial charge on any atom is 0.305 e. The van der Waals surface area contributed by atoms with Crippen molar-refractivity contribution in [1.82, 2.24) is 0 Å². The number of carbonyl (C=O) groups is 1. The van der Waals surface area contributed by atoms with Gasteiger partial charge >= 0.3 is 5.97 Å². The summed E-state index contributed by atoms with van der Waals surface area (Å²) in [5, 5.41) is 0.364. The van der Waals surface area contributed by atoms with Crippen molar-refractivity contribution in [2.24, 2.45) is 11.8 Å². The molecule has 0 N–H and O–H groups in total. The highest BCUT2D eigenvalue weighted by Gasteiger charge is 2.43. The number of carbonyl (C=O) groups excluding carboxylic acids is 1. The lowest BCUT2D eigenvalue weighted by atomic mass is 9.92. The molecular formula is C36H70O4Si2. The van der Waals surface area contributed by atoms with E-state index in [9.17, 15) is 4.79 Å². The molecule has 42 heavy (non-hydrogen) atoms. The molecule has 0 unspecified atom stereocenters. The summed E-state index contributed by atoms with van der Waals surface area (Å²) in [6.45, 7) is 30.6. The van der Waals surface area contributed by atoms with Gasteiger partial charge in [-0.1, -0.05) is 111 Å². The Balaban J connectivity index is 3.23. The Morgan fingerprint density at radius 2 is 1.55 bits per heavy atom. The Morgan fingerprint density at radius 1 is 0.952 bits per heavy atom. The van der Waals surface area contributed by atoms with Gasteiger partial charge in [-0.25, -0.2) is 0 Å². The van der Waals surface area contributed by atoms with Crippen LogP contribution in [0.1, 0.15) is 133 Å². The zero-order valence-electron chi connectivity index (χ0n) is 30.4. The molecule has 0 aliphatic heterocycles. The van der Waals surface area contributed by atoms with Crippen molar-refractivity contribution in [3.05, 3.63) is 23.3 Å². The van der Waals surface area contributed by atoms with Crippen LogP contribution in [-0.2, 0) is 18.4 Å². The molecule has 0 amide bonds. The van der Waals surface area contributed by atoms with Gasteiger partial charge in [0.05, 0.1) is 19.3 Å². The Hall–Kier alpha value is -0.696. The molecule has 0 bridgehead atoms. The van der Waals surface area contributed by atoms with Gasteiger partial charge < -0.3 is 13.6 Å². The zero-order chi connectivity index (χ0) is 32.4. The summed E-state index contributed by atoms with van der Waals surface area (Å²) < 4.78 is 19.0. The monoisotopic (exact) mass is 622 g/mol. The quantitative estimate of drug-likeness (QED) is 0.0660. The molecule has 0 saturated carbocycles. The second-order valence-corrected chi connectivity index (χ2v) is 25.7. The fraction of sp³-hybridized carbons (Fsp3) is 0.861. The lowest BCUT2D eigenvalue weighted by Gasteiger charge is -2.40. The predicted molar refractivity (Wildman–Crippen MR) is 187 cm³/mol. The summed E-state index contributed by atoms with van der Waals surface area (Å²) in [5.41, 5.74) is 3.09. The molecule has 1 rings (SSSR count). The van der Waals surface area contributed by atoms with Crippen LogP contribution in [0.4, 0.5) is 0 Å². The van der Waals surface area contributed by atoms with Crippen LogP contribution >= 0.6 is 0 Å². The Kier molecular flexibility index (Phi) is 16.0. The van der Waals surface area contributed by atoms with E-state index in [4.69, 9.17) is 13.6 Å². The zero-order valence-corrected chi connectivity index (χ0v) is 32.4. The minimum atomic E-state index is -1.92. The van der Waals surface area contributed by atoms with Crippen molar-refractivity contribution < 1.29 is 18.4 Å². The number of hydrogen-bond donors (Lipinski definition) is 0. The van der Waals surface area contributed by atoms with E-state index in [0.29, 0.717) is 18.3 Å². The normalized spacial score (nSPS) is 20.4. The molecule has 0 fully saturated rings. The first kappa shape index (κ1) is 39.3. The number of rotatable bonds is 18. The second kappa shape index (κ2) is 17.1. The maximum atomic E-state index is 11.5. The Morgan fingerprint density at radius 3 is 2.10 bits per heavy atom. The van der Waals surface area contributed by atoms with E-state index in [1.165, 1.54) is 31.9 Å². The van der Waals surface area contributed by atoms with E-state index in [1.54, 1.807) is 5.57 Å². The van der Waals surface area contributed by atoms with E-state index < -0.39 is 16.6 Å². The molecule has 0 heterocycles. The van der Waals surface area contributed by atoms with Crippen molar-refractivity contribution >= 4 is 22.6 Å². The largest absolute Gasteiger partial charge is 0.469 e. The van der Waals surface area contributed by atoms with E-state index in [1.807, 2.05) is 0 Å². The average Bonchev–Trinajstić information content (AvgIpc) is 3.14. The average molecular weight is 623 g/mol. The number of methoxy groups -OCH3 is 1. The molecule has 1 aliphatic rings. The molecule has 246 valence electrons. The lowest BCUT2D eigenvalue weighted by molar-refractivity contribution is -0.140. The third-order valence-corrected chi connectivity index (χ3v) is 19.4. The first-order chi connectivity index (χ1) is 19.3. The van der Waals surface area contributed by atoms with Gasteiger partial charge in [-0.15, -0.1) is 0 Å². The van der Waals surface area contributed by atoms with Gasteiger partial charge in [-0.05, 0) is 81.2 Å². The van der Waals surface area contributed by atoms with Crippen LogP contribution in [0.2, 0.25) is 36.3 Å². The van der Waals surface area contributed by atoms with Gasteiger partial charge in [0.15, 0.2) is 16.6 Å². The number of ether oxygens (including phenoxy) is 1. The van der Waals surface area contributed by atoms with E-state index in [2.05, 4.69) is 101 Å². The smallest absolute Gasteiger partial charge is 0.305 e. The Bertz CT molecular complexity index is 876. The summed E-state index contributed by atoms with van der Waals surface area (Å²) in [6, 6.07) is 0. The highest BCUT2D eigenvalue weighted by Crippen LogP contribution is 2.45.